The third kappa shape index (κ3) is 3.94. The van der Waals surface area contributed by atoms with E-state index in [2.05, 4.69) is 6.58 Å². The number of Topliss-reactive ketones (excluding diaryl/α,β-unsaturated/α-hetero) is 1. The molecule has 0 aliphatic rings. The highest BCUT2D eigenvalue weighted by molar-refractivity contribution is 5.81. The van der Waals surface area contributed by atoms with Crippen molar-refractivity contribution in [2.45, 2.75) is 32.7 Å². The summed E-state index contributed by atoms with van der Waals surface area (Å²) < 4.78 is 0. The summed E-state index contributed by atoms with van der Waals surface area (Å²) >= 11 is 0. The zero-order chi connectivity index (χ0) is 8.85. The van der Waals surface area contributed by atoms with Crippen LogP contribution in [0.1, 0.15) is 26.7 Å². The van der Waals surface area contributed by atoms with E-state index in [-0.39, 0.29) is 17.7 Å². The van der Waals surface area contributed by atoms with Crippen LogP contribution < -0.4 is 5.73 Å². The molecule has 0 fully saturated rings. The Bertz CT molecular complexity index is 140. The molecule has 0 saturated carbocycles. The number of hydrogen-bond acceptors (Lipinski definition) is 2. The quantitative estimate of drug-likeness (QED) is 0.611. The lowest BCUT2D eigenvalue weighted by molar-refractivity contribution is -0.122. The van der Waals surface area contributed by atoms with E-state index in [0.29, 0.717) is 6.42 Å². The molecule has 0 aromatic rings. The average Bonchev–Trinajstić information content (AvgIpc) is 1.98. The van der Waals surface area contributed by atoms with Gasteiger partial charge in [0.15, 0.2) is 0 Å². The van der Waals surface area contributed by atoms with E-state index in [9.17, 15) is 4.79 Å². The monoisotopic (exact) mass is 155 g/mol. The van der Waals surface area contributed by atoms with Gasteiger partial charge in [-0.15, -0.1) is 6.58 Å². The first-order valence-electron chi connectivity index (χ1n) is 3.98. The van der Waals surface area contributed by atoms with Crippen LogP contribution in [0, 0.1) is 5.92 Å². The number of ketones is 1. The summed E-state index contributed by atoms with van der Waals surface area (Å²) in [7, 11) is 0. The molecule has 2 heteroatoms. The van der Waals surface area contributed by atoms with Gasteiger partial charge in [-0.3, -0.25) is 4.79 Å². The van der Waals surface area contributed by atoms with Crippen LogP contribution in [0.25, 0.3) is 0 Å². The minimum atomic E-state index is -0.0349. The van der Waals surface area contributed by atoms with Crippen LogP contribution >= 0.6 is 0 Å². The molecule has 0 heterocycles. The zero-order valence-electron chi connectivity index (χ0n) is 7.34. The van der Waals surface area contributed by atoms with Crippen molar-refractivity contribution >= 4 is 5.78 Å². The van der Waals surface area contributed by atoms with Crippen LogP contribution in [0.5, 0.6) is 0 Å². The van der Waals surface area contributed by atoms with Crippen molar-refractivity contribution in [2.24, 2.45) is 11.7 Å². The largest absolute Gasteiger partial charge is 0.327 e. The highest BCUT2D eigenvalue weighted by Gasteiger charge is 2.15. The second kappa shape index (κ2) is 5.08. The Morgan fingerprint density at radius 3 is 2.55 bits per heavy atom. The number of nitrogens with two attached hydrogens (primary N) is 1. The topological polar surface area (TPSA) is 43.1 Å². The first-order chi connectivity index (χ1) is 5.09. The standard InChI is InChI=1S/C9H17NO/c1-4-5-6-9(11)7(2)8(3)10/h4,7-8H,1,5-6,10H2,2-3H3. The molecule has 0 aromatic carbocycles. The van der Waals surface area contributed by atoms with Gasteiger partial charge in [0, 0.05) is 18.4 Å². The third-order valence-electron chi connectivity index (χ3n) is 1.89. The molecule has 0 spiro atoms. The first kappa shape index (κ1) is 10.4. The van der Waals surface area contributed by atoms with Crippen LogP contribution in [0.2, 0.25) is 0 Å². The predicted octanol–water partition coefficient (Wildman–Crippen LogP) is 1.50. The summed E-state index contributed by atoms with van der Waals surface area (Å²) in [6, 6.07) is -0.0349. The lowest BCUT2D eigenvalue weighted by Gasteiger charge is -2.12. The van der Waals surface area contributed by atoms with E-state index in [1.807, 2.05) is 13.8 Å². The molecular formula is C9H17NO. The van der Waals surface area contributed by atoms with Crippen molar-refractivity contribution < 1.29 is 4.79 Å². The number of carbonyl (C=O) groups is 1. The maximum Gasteiger partial charge on any atom is 0.137 e. The molecule has 2 atom stereocenters. The van der Waals surface area contributed by atoms with Crippen molar-refractivity contribution in [3.63, 3.8) is 0 Å². The van der Waals surface area contributed by atoms with Crippen molar-refractivity contribution in [3.8, 4) is 0 Å². The first-order valence-corrected chi connectivity index (χ1v) is 3.98. The molecule has 11 heavy (non-hydrogen) atoms. The fourth-order valence-electron chi connectivity index (χ4n) is 0.765. The lowest BCUT2D eigenvalue weighted by Crippen LogP contribution is -2.30. The van der Waals surface area contributed by atoms with Gasteiger partial charge in [0.2, 0.25) is 0 Å². The Morgan fingerprint density at radius 2 is 2.18 bits per heavy atom. The van der Waals surface area contributed by atoms with Gasteiger partial charge >= 0.3 is 0 Å². The maximum absolute atomic E-state index is 11.2. The minimum absolute atomic E-state index is 0.0186. The van der Waals surface area contributed by atoms with Crippen LogP contribution in [0.4, 0.5) is 0 Å². The minimum Gasteiger partial charge on any atom is -0.327 e. The van der Waals surface area contributed by atoms with E-state index in [4.69, 9.17) is 5.73 Å². The summed E-state index contributed by atoms with van der Waals surface area (Å²) in [4.78, 5) is 11.2. The molecule has 0 rings (SSSR count). The molecule has 0 radical (unpaired) electrons. The molecule has 0 amide bonds. The number of allylic oxidation sites excluding steroid dienone is 1. The van der Waals surface area contributed by atoms with Crippen molar-refractivity contribution in [1.82, 2.24) is 0 Å². The average molecular weight is 155 g/mol. The molecule has 2 nitrogen and oxygen atoms in total. The SMILES string of the molecule is C=CCCC(=O)C(C)C(C)N. The lowest BCUT2D eigenvalue weighted by atomic mass is 9.96. The predicted molar refractivity (Wildman–Crippen MR) is 47.3 cm³/mol. The molecule has 2 N–H and O–H groups in total. The van der Waals surface area contributed by atoms with E-state index < -0.39 is 0 Å². The summed E-state index contributed by atoms with van der Waals surface area (Å²) in [5.74, 6) is 0.217. The van der Waals surface area contributed by atoms with Gasteiger partial charge < -0.3 is 5.73 Å². The molecule has 2 unspecified atom stereocenters. The van der Waals surface area contributed by atoms with Crippen LogP contribution in [-0.4, -0.2) is 11.8 Å². The summed E-state index contributed by atoms with van der Waals surface area (Å²) in [5.41, 5.74) is 5.56. The Labute approximate surface area is 68.5 Å². The van der Waals surface area contributed by atoms with E-state index in [1.54, 1.807) is 6.08 Å². The molecule has 64 valence electrons. The second-order valence-corrected chi connectivity index (χ2v) is 2.94. The Morgan fingerprint density at radius 1 is 1.64 bits per heavy atom. The van der Waals surface area contributed by atoms with Gasteiger partial charge in [-0.2, -0.15) is 0 Å². The van der Waals surface area contributed by atoms with Crippen LogP contribution in [0.3, 0.4) is 0 Å². The van der Waals surface area contributed by atoms with Crippen molar-refractivity contribution in [3.05, 3.63) is 12.7 Å². The van der Waals surface area contributed by atoms with Gasteiger partial charge in [0.1, 0.15) is 5.78 Å². The molecule has 0 aliphatic carbocycles. The summed E-state index contributed by atoms with van der Waals surface area (Å²) in [6.45, 7) is 7.28. The van der Waals surface area contributed by atoms with E-state index in [1.165, 1.54) is 0 Å². The van der Waals surface area contributed by atoms with Crippen LogP contribution in [-0.2, 0) is 4.79 Å². The zero-order valence-corrected chi connectivity index (χ0v) is 7.34. The fourth-order valence-corrected chi connectivity index (χ4v) is 0.765. The molecule has 0 aliphatic heterocycles. The number of carbonyl (C=O) groups excluding carboxylic acids is 1. The van der Waals surface area contributed by atoms with Gasteiger partial charge in [-0.05, 0) is 13.3 Å². The Balaban J connectivity index is 3.73. The molecule has 0 bridgehead atoms. The third-order valence-corrected chi connectivity index (χ3v) is 1.89. The summed E-state index contributed by atoms with van der Waals surface area (Å²) in [5, 5.41) is 0. The molecule has 0 saturated heterocycles. The van der Waals surface area contributed by atoms with Crippen molar-refractivity contribution in [1.29, 1.82) is 0 Å². The van der Waals surface area contributed by atoms with E-state index >= 15 is 0 Å². The van der Waals surface area contributed by atoms with Gasteiger partial charge in [-0.25, -0.2) is 0 Å². The van der Waals surface area contributed by atoms with Gasteiger partial charge in [0.25, 0.3) is 0 Å². The normalized spacial score (nSPS) is 15.5. The van der Waals surface area contributed by atoms with E-state index in [0.717, 1.165) is 6.42 Å². The highest BCUT2D eigenvalue weighted by Crippen LogP contribution is 2.06. The van der Waals surface area contributed by atoms with Gasteiger partial charge in [-0.1, -0.05) is 13.0 Å². The Hall–Kier alpha value is -0.630. The number of hydrogen-bond donors (Lipinski definition) is 1. The highest BCUT2D eigenvalue weighted by atomic mass is 16.1. The van der Waals surface area contributed by atoms with Crippen molar-refractivity contribution in [2.75, 3.05) is 0 Å². The Kier molecular flexibility index (Phi) is 4.79. The smallest absolute Gasteiger partial charge is 0.137 e. The summed E-state index contributed by atoms with van der Waals surface area (Å²) in [6.07, 6.45) is 3.09. The maximum atomic E-state index is 11.2. The molecular weight excluding hydrogens is 138 g/mol. The second-order valence-electron chi connectivity index (χ2n) is 2.94. The number of rotatable bonds is 5. The molecule has 0 aromatic heterocycles. The van der Waals surface area contributed by atoms with Crippen LogP contribution in [0.15, 0.2) is 12.7 Å². The fraction of sp³-hybridized carbons (Fsp3) is 0.667. The van der Waals surface area contributed by atoms with Gasteiger partial charge in [0.05, 0.1) is 0 Å².